The second-order valence-corrected chi connectivity index (χ2v) is 5.22. The number of hydrogen-bond donors (Lipinski definition) is 0. The summed E-state index contributed by atoms with van der Waals surface area (Å²) in [4.78, 5) is 24.5. The zero-order valence-electron chi connectivity index (χ0n) is 11.0. The minimum absolute atomic E-state index is 0.0143. The number of fused-ring (bicyclic) bond motifs is 1. The third kappa shape index (κ3) is 2.48. The van der Waals surface area contributed by atoms with Gasteiger partial charge in [-0.25, -0.2) is 0 Å². The number of carbonyl (C=O) groups is 1. The average Bonchev–Trinajstić information content (AvgIpc) is 2.89. The minimum Gasteiger partial charge on any atom is -0.307 e. The number of carbonyl (C=O) groups excluding carboxylic acids is 1. The summed E-state index contributed by atoms with van der Waals surface area (Å²) in [6.45, 7) is 0.516. The van der Waals surface area contributed by atoms with Crippen molar-refractivity contribution >= 4 is 28.9 Å². The molecule has 6 heteroatoms. The Hall–Kier alpha value is -2.40. The Labute approximate surface area is 125 Å². The van der Waals surface area contributed by atoms with Crippen LogP contribution in [0, 0.1) is 10.1 Å². The van der Waals surface area contributed by atoms with Crippen molar-refractivity contribution < 1.29 is 9.72 Å². The molecule has 0 spiro atoms. The molecule has 1 aliphatic heterocycles. The van der Waals surface area contributed by atoms with E-state index in [0.717, 1.165) is 5.56 Å². The van der Waals surface area contributed by atoms with Crippen molar-refractivity contribution in [1.82, 2.24) is 0 Å². The first-order chi connectivity index (χ1) is 10.1. The molecular formula is C15H11ClN2O3. The fourth-order valence-corrected chi connectivity index (χ4v) is 2.66. The summed E-state index contributed by atoms with van der Waals surface area (Å²) in [7, 11) is 0. The van der Waals surface area contributed by atoms with Gasteiger partial charge in [0.05, 0.1) is 10.6 Å². The monoisotopic (exact) mass is 302 g/mol. The fourth-order valence-electron chi connectivity index (χ4n) is 2.47. The van der Waals surface area contributed by atoms with Crippen molar-refractivity contribution in [2.24, 2.45) is 0 Å². The van der Waals surface area contributed by atoms with Gasteiger partial charge in [-0.3, -0.25) is 14.9 Å². The summed E-state index contributed by atoms with van der Waals surface area (Å²) in [5, 5.41) is 11.4. The number of anilines is 1. The van der Waals surface area contributed by atoms with Gasteiger partial charge in [-0.05, 0) is 30.2 Å². The Morgan fingerprint density at radius 1 is 1.24 bits per heavy atom. The number of nitro benzene ring substituents is 1. The molecule has 1 amide bonds. The first kappa shape index (κ1) is 13.6. The second-order valence-electron chi connectivity index (χ2n) is 4.79. The Kier molecular flexibility index (Phi) is 3.35. The third-order valence-electron chi connectivity index (χ3n) is 3.49. The molecule has 106 valence electrons. The lowest BCUT2D eigenvalue weighted by Crippen LogP contribution is -2.28. The van der Waals surface area contributed by atoms with E-state index in [1.165, 1.54) is 12.1 Å². The lowest BCUT2D eigenvalue weighted by Gasteiger charge is -2.17. The van der Waals surface area contributed by atoms with Crippen LogP contribution in [0.2, 0.25) is 5.02 Å². The number of amides is 1. The summed E-state index contributed by atoms with van der Waals surface area (Å²) in [6.07, 6.45) is 0.694. The Bertz CT molecular complexity index is 745. The second kappa shape index (κ2) is 5.18. The van der Waals surface area contributed by atoms with Crippen molar-refractivity contribution in [3.63, 3.8) is 0 Å². The number of benzene rings is 2. The van der Waals surface area contributed by atoms with E-state index in [1.807, 2.05) is 0 Å². The third-order valence-corrected chi connectivity index (χ3v) is 3.73. The highest BCUT2D eigenvalue weighted by Gasteiger charge is 2.27. The van der Waals surface area contributed by atoms with E-state index in [0.29, 0.717) is 29.2 Å². The van der Waals surface area contributed by atoms with Gasteiger partial charge in [0.2, 0.25) is 0 Å². The van der Waals surface area contributed by atoms with Crippen molar-refractivity contribution in [2.45, 2.75) is 6.42 Å². The SMILES string of the molecule is O=C(c1cccc(Cl)c1)N1CCc2ccc([N+](=O)[O-])cc21. The molecule has 1 aliphatic rings. The van der Waals surface area contributed by atoms with Crippen LogP contribution in [0.25, 0.3) is 0 Å². The van der Waals surface area contributed by atoms with Crippen LogP contribution in [0.1, 0.15) is 15.9 Å². The highest BCUT2D eigenvalue weighted by Crippen LogP contribution is 2.32. The number of hydrogen-bond acceptors (Lipinski definition) is 3. The van der Waals surface area contributed by atoms with E-state index in [-0.39, 0.29) is 11.6 Å². The van der Waals surface area contributed by atoms with Gasteiger partial charge in [0.1, 0.15) is 0 Å². The van der Waals surface area contributed by atoms with Gasteiger partial charge in [0.25, 0.3) is 11.6 Å². The molecule has 21 heavy (non-hydrogen) atoms. The van der Waals surface area contributed by atoms with Gasteiger partial charge >= 0.3 is 0 Å². The van der Waals surface area contributed by atoms with Crippen LogP contribution < -0.4 is 4.90 Å². The van der Waals surface area contributed by atoms with Crippen LogP contribution in [-0.4, -0.2) is 17.4 Å². The fraction of sp³-hybridized carbons (Fsp3) is 0.133. The normalized spacial score (nSPS) is 13.1. The predicted octanol–water partition coefficient (Wildman–Crippen LogP) is 3.45. The Morgan fingerprint density at radius 3 is 2.76 bits per heavy atom. The highest BCUT2D eigenvalue weighted by atomic mass is 35.5. The molecule has 0 radical (unpaired) electrons. The van der Waals surface area contributed by atoms with E-state index >= 15 is 0 Å². The first-order valence-electron chi connectivity index (χ1n) is 6.41. The molecule has 3 rings (SSSR count). The largest absolute Gasteiger partial charge is 0.307 e. The number of rotatable bonds is 2. The average molecular weight is 303 g/mol. The molecule has 2 aromatic rings. The summed E-state index contributed by atoms with van der Waals surface area (Å²) in [6, 6.07) is 11.3. The topological polar surface area (TPSA) is 63.5 Å². The van der Waals surface area contributed by atoms with E-state index in [2.05, 4.69) is 0 Å². The van der Waals surface area contributed by atoms with Crippen LogP contribution >= 0.6 is 11.6 Å². The molecule has 0 unspecified atom stereocenters. The molecule has 1 heterocycles. The maximum absolute atomic E-state index is 12.5. The predicted molar refractivity (Wildman–Crippen MR) is 79.9 cm³/mol. The van der Waals surface area contributed by atoms with Gasteiger partial charge in [-0.15, -0.1) is 0 Å². The summed E-state index contributed by atoms with van der Waals surface area (Å²) in [5.74, 6) is -0.197. The zero-order valence-corrected chi connectivity index (χ0v) is 11.7. The van der Waals surface area contributed by atoms with Crippen molar-refractivity contribution in [2.75, 3.05) is 11.4 Å². The molecule has 5 nitrogen and oxygen atoms in total. The molecule has 0 aliphatic carbocycles. The van der Waals surface area contributed by atoms with Gasteiger partial charge < -0.3 is 4.90 Å². The molecule has 2 aromatic carbocycles. The van der Waals surface area contributed by atoms with Crippen molar-refractivity contribution in [3.8, 4) is 0 Å². The van der Waals surface area contributed by atoms with Crippen LogP contribution in [0.3, 0.4) is 0 Å². The van der Waals surface area contributed by atoms with Crippen LogP contribution in [0.5, 0.6) is 0 Å². The van der Waals surface area contributed by atoms with Gasteiger partial charge in [0, 0.05) is 29.3 Å². The molecule has 0 atom stereocenters. The quantitative estimate of drug-likeness (QED) is 0.630. The summed E-state index contributed by atoms with van der Waals surface area (Å²) >= 11 is 5.90. The summed E-state index contributed by atoms with van der Waals surface area (Å²) in [5.41, 5.74) is 2.01. The van der Waals surface area contributed by atoms with Gasteiger partial charge in [0.15, 0.2) is 0 Å². The number of nitro groups is 1. The number of nitrogens with zero attached hydrogens (tertiary/aromatic N) is 2. The van der Waals surface area contributed by atoms with Crippen LogP contribution in [0.15, 0.2) is 42.5 Å². The Morgan fingerprint density at radius 2 is 2.05 bits per heavy atom. The van der Waals surface area contributed by atoms with E-state index in [4.69, 9.17) is 11.6 Å². The molecule has 0 aromatic heterocycles. The maximum atomic E-state index is 12.5. The van der Waals surface area contributed by atoms with Crippen LogP contribution in [-0.2, 0) is 6.42 Å². The molecule has 0 bridgehead atoms. The Balaban J connectivity index is 1.98. The highest BCUT2D eigenvalue weighted by molar-refractivity contribution is 6.31. The molecule has 0 saturated heterocycles. The van der Waals surface area contributed by atoms with Crippen LogP contribution in [0.4, 0.5) is 11.4 Å². The summed E-state index contributed by atoms with van der Waals surface area (Å²) < 4.78 is 0. The number of halogens is 1. The standard InChI is InChI=1S/C15H11ClN2O3/c16-12-3-1-2-11(8-12)15(19)17-7-6-10-4-5-13(18(20)21)9-14(10)17/h1-5,8-9H,6-7H2. The lowest BCUT2D eigenvalue weighted by molar-refractivity contribution is -0.384. The van der Waals surface area contributed by atoms with Gasteiger partial charge in [-0.1, -0.05) is 23.7 Å². The first-order valence-corrected chi connectivity index (χ1v) is 6.79. The van der Waals surface area contributed by atoms with Gasteiger partial charge in [-0.2, -0.15) is 0 Å². The maximum Gasteiger partial charge on any atom is 0.271 e. The zero-order chi connectivity index (χ0) is 15.0. The van der Waals surface area contributed by atoms with E-state index in [1.54, 1.807) is 35.2 Å². The van der Waals surface area contributed by atoms with E-state index < -0.39 is 4.92 Å². The molecule has 0 N–H and O–H groups in total. The van der Waals surface area contributed by atoms with Crippen molar-refractivity contribution in [1.29, 1.82) is 0 Å². The smallest absolute Gasteiger partial charge is 0.271 e. The van der Waals surface area contributed by atoms with Crippen molar-refractivity contribution in [3.05, 3.63) is 68.7 Å². The minimum atomic E-state index is -0.458. The lowest BCUT2D eigenvalue weighted by atomic mass is 10.1. The molecular weight excluding hydrogens is 292 g/mol. The van der Waals surface area contributed by atoms with E-state index in [9.17, 15) is 14.9 Å². The number of non-ortho nitro benzene ring substituents is 1. The molecule has 0 saturated carbocycles. The molecule has 0 fully saturated rings.